The van der Waals surface area contributed by atoms with Gasteiger partial charge in [-0.25, -0.2) is 8.78 Å². The molecule has 0 saturated heterocycles. The van der Waals surface area contributed by atoms with E-state index in [1.165, 1.54) is 13.2 Å². The lowest BCUT2D eigenvalue weighted by Gasteiger charge is -2.17. The molecule has 3 aromatic rings. The molecule has 1 amide bonds. The van der Waals surface area contributed by atoms with Crippen molar-refractivity contribution in [1.82, 2.24) is 4.98 Å². The Bertz CT molecular complexity index is 1370. The number of benzene rings is 2. The topological polar surface area (TPSA) is 51.2 Å². The lowest BCUT2D eigenvalue weighted by atomic mass is 9.92. The Morgan fingerprint density at radius 2 is 1.81 bits per heavy atom. The smallest absolute Gasteiger partial charge is 0.250 e. The van der Waals surface area contributed by atoms with Crippen molar-refractivity contribution in [1.29, 1.82) is 0 Å². The van der Waals surface area contributed by atoms with Crippen LogP contribution >= 0.6 is 0 Å². The molecule has 4 nitrogen and oxygen atoms in total. The number of hydrogen-bond acceptors (Lipinski definition) is 3. The van der Waals surface area contributed by atoms with Gasteiger partial charge in [0.25, 0.3) is 5.91 Å². The van der Waals surface area contributed by atoms with Crippen LogP contribution in [0.2, 0.25) is 0 Å². The summed E-state index contributed by atoms with van der Waals surface area (Å²) >= 11 is 0. The van der Waals surface area contributed by atoms with Crippen LogP contribution in [0.1, 0.15) is 57.9 Å². The molecule has 6 heteroatoms. The van der Waals surface area contributed by atoms with Gasteiger partial charge in [0.1, 0.15) is 5.82 Å². The molecule has 0 saturated carbocycles. The summed E-state index contributed by atoms with van der Waals surface area (Å²) in [4.78, 5) is 17.3. The number of methoxy groups -OCH3 is 1. The standard InChI is InChI=1S/C31H34F2N2O2/c1-8-10-25(27-15-23(32)16-28(33)29(27)37-7)26-14-22(18-34-20(26)3)21-11-9-12-24(13-21)35-30(36)19(2)17-31(4,5)6/h9-18H,8H2,1-7H3,(H,35,36)/b19-17+,25-10+. The van der Waals surface area contributed by atoms with Crippen LogP contribution < -0.4 is 10.1 Å². The summed E-state index contributed by atoms with van der Waals surface area (Å²) in [6.45, 7) is 11.7. The van der Waals surface area contributed by atoms with Gasteiger partial charge in [-0.1, -0.05) is 52.0 Å². The van der Waals surface area contributed by atoms with Crippen LogP contribution in [0, 0.1) is 24.0 Å². The van der Waals surface area contributed by atoms with Crippen molar-refractivity contribution in [2.24, 2.45) is 5.41 Å². The fraction of sp³-hybridized carbons (Fsp3) is 0.290. The van der Waals surface area contributed by atoms with Gasteiger partial charge < -0.3 is 10.1 Å². The molecular weight excluding hydrogens is 470 g/mol. The summed E-state index contributed by atoms with van der Waals surface area (Å²) < 4.78 is 34.0. The van der Waals surface area contributed by atoms with E-state index in [-0.39, 0.29) is 17.1 Å². The number of carbonyl (C=O) groups excluding carboxylic acids is 1. The molecule has 1 heterocycles. The zero-order valence-electron chi connectivity index (χ0n) is 22.5. The number of hydrogen-bond donors (Lipinski definition) is 1. The van der Waals surface area contributed by atoms with Gasteiger partial charge in [-0.05, 0) is 61.1 Å². The predicted octanol–water partition coefficient (Wildman–Crippen LogP) is 8.12. The minimum atomic E-state index is -0.763. The Morgan fingerprint density at radius 1 is 1.08 bits per heavy atom. The SMILES string of the molecule is CC/C=C(\c1cc(-c2cccc(NC(=O)/C(C)=C/C(C)(C)C)c2)cnc1C)c1cc(F)cc(F)c1OC. The van der Waals surface area contributed by atoms with Crippen LogP contribution in [-0.2, 0) is 4.79 Å². The zero-order valence-corrected chi connectivity index (χ0v) is 22.5. The van der Waals surface area contributed by atoms with Crippen LogP contribution in [0.25, 0.3) is 16.7 Å². The van der Waals surface area contributed by atoms with Crippen molar-refractivity contribution in [2.45, 2.75) is 48.0 Å². The highest BCUT2D eigenvalue weighted by atomic mass is 19.1. The Kier molecular flexibility index (Phi) is 8.64. The second-order valence-corrected chi connectivity index (χ2v) is 10.1. The summed E-state index contributed by atoms with van der Waals surface area (Å²) in [6, 6.07) is 11.5. The highest BCUT2D eigenvalue weighted by molar-refractivity contribution is 6.03. The first-order chi connectivity index (χ1) is 17.4. The molecule has 2 aromatic carbocycles. The van der Waals surface area contributed by atoms with Crippen LogP contribution in [0.3, 0.4) is 0 Å². The Morgan fingerprint density at radius 3 is 2.46 bits per heavy atom. The van der Waals surface area contributed by atoms with Gasteiger partial charge in [-0.2, -0.15) is 0 Å². The first kappa shape index (κ1) is 27.8. The Hall–Kier alpha value is -3.80. The Labute approximate surface area is 218 Å². The van der Waals surface area contributed by atoms with Crippen LogP contribution in [0.4, 0.5) is 14.5 Å². The average molecular weight is 505 g/mol. The maximum Gasteiger partial charge on any atom is 0.250 e. The molecule has 0 aliphatic carbocycles. The van der Waals surface area contributed by atoms with Crippen molar-refractivity contribution < 1.29 is 18.3 Å². The summed E-state index contributed by atoms with van der Waals surface area (Å²) in [6.07, 6.45) is 6.24. The molecule has 37 heavy (non-hydrogen) atoms. The van der Waals surface area contributed by atoms with Crippen LogP contribution in [0.15, 0.2) is 66.4 Å². The van der Waals surface area contributed by atoms with Gasteiger partial charge in [0.2, 0.25) is 0 Å². The summed E-state index contributed by atoms with van der Waals surface area (Å²) in [7, 11) is 1.36. The van der Waals surface area contributed by atoms with E-state index >= 15 is 0 Å². The number of rotatable bonds is 7. The highest BCUT2D eigenvalue weighted by Crippen LogP contribution is 2.37. The number of pyridine rings is 1. The minimum Gasteiger partial charge on any atom is -0.493 e. The fourth-order valence-electron chi connectivity index (χ4n) is 4.22. The lowest BCUT2D eigenvalue weighted by molar-refractivity contribution is -0.112. The predicted molar refractivity (Wildman–Crippen MR) is 147 cm³/mol. The highest BCUT2D eigenvalue weighted by Gasteiger charge is 2.19. The first-order valence-electron chi connectivity index (χ1n) is 12.2. The van der Waals surface area contributed by atoms with E-state index in [4.69, 9.17) is 4.74 Å². The van der Waals surface area contributed by atoms with Gasteiger partial charge in [-0.3, -0.25) is 9.78 Å². The number of nitrogens with zero attached hydrogens (tertiary/aromatic N) is 1. The molecule has 3 rings (SSSR count). The van der Waals surface area contributed by atoms with Crippen molar-refractivity contribution >= 4 is 17.2 Å². The second-order valence-electron chi connectivity index (χ2n) is 10.1. The average Bonchev–Trinajstić information content (AvgIpc) is 2.82. The van der Waals surface area contributed by atoms with E-state index in [0.717, 1.165) is 22.8 Å². The molecule has 0 aliphatic rings. The summed E-state index contributed by atoms with van der Waals surface area (Å²) in [5, 5.41) is 2.96. The second kappa shape index (κ2) is 11.5. The number of allylic oxidation sites excluding steroid dienone is 2. The lowest BCUT2D eigenvalue weighted by Crippen LogP contribution is -2.15. The summed E-state index contributed by atoms with van der Waals surface area (Å²) in [5.41, 5.74) is 5.25. The van der Waals surface area contributed by atoms with E-state index in [1.54, 1.807) is 13.1 Å². The van der Waals surface area contributed by atoms with E-state index in [9.17, 15) is 13.6 Å². The molecule has 0 atom stereocenters. The molecule has 0 radical (unpaired) electrons. The van der Waals surface area contributed by atoms with Gasteiger partial charge in [0, 0.05) is 45.9 Å². The van der Waals surface area contributed by atoms with Crippen molar-refractivity contribution in [3.63, 3.8) is 0 Å². The third-order valence-electron chi connectivity index (χ3n) is 5.75. The molecule has 0 fully saturated rings. The van der Waals surface area contributed by atoms with Crippen LogP contribution in [-0.4, -0.2) is 18.0 Å². The molecule has 0 aliphatic heterocycles. The Balaban J connectivity index is 2.04. The van der Waals surface area contributed by atoms with E-state index in [0.29, 0.717) is 34.5 Å². The normalized spacial score (nSPS) is 12.5. The number of nitrogens with one attached hydrogen (secondary N) is 1. The molecule has 1 aromatic heterocycles. The van der Waals surface area contributed by atoms with E-state index in [2.05, 4.69) is 10.3 Å². The zero-order chi connectivity index (χ0) is 27.3. The molecule has 0 unspecified atom stereocenters. The monoisotopic (exact) mass is 504 g/mol. The first-order valence-corrected chi connectivity index (χ1v) is 12.2. The molecular formula is C31H34F2N2O2. The number of aromatic nitrogens is 1. The number of carbonyl (C=O) groups is 1. The van der Waals surface area contributed by atoms with Gasteiger partial charge in [0.05, 0.1) is 7.11 Å². The third-order valence-corrected chi connectivity index (χ3v) is 5.75. The third kappa shape index (κ3) is 6.91. The van der Waals surface area contributed by atoms with E-state index < -0.39 is 11.6 Å². The van der Waals surface area contributed by atoms with Crippen LogP contribution in [0.5, 0.6) is 5.75 Å². The largest absolute Gasteiger partial charge is 0.493 e. The van der Waals surface area contributed by atoms with Crippen molar-refractivity contribution in [2.75, 3.05) is 12.4 Å². The molecule has 0 bridgehead atoms. The molecule has 1 N–H and O–H groups in total. The number of halogens is 2. The van der Waals surface area contributed by atoms with Crippen molar-refractivity contribution in [3.05, 3.63) is 94.8 Å². The van der Waals surface area contributed by atoms with Gasteiger partial charge >= 0.3 is 0 Å². The molecule has 0 spiro atoms. The number of aryl methyl sites for hydroxylation is 1. The van der Waals surface area contributed by atoms with Crippen molar-refractivity contribution in [3.8, 4) is 16.9 Å². The van der Waals surface area contributed by atoms with E-state index in [1.807, 2.05) is 77.1 Å². The van der Waals surface area contributed by atoms with Gasteiger partial charge in [-0.15, -0.1) is 0 Å². The fourth-order valence-corrected chi connectivity index (χ4v) is 4.22. The molecule has 194 valence electrons. The maximum atomic E-state index is 14.5. The maximum absolute atomic E-state index is 14.5. The number of anilines is 1. The summed E-state index contributed by atoms with van der Waals surface area (Å²) in [5.74, 6) is -1.63. The minimum absolute atomic E-state index is 0.0192. The number of amides is 1. The van der Waals surface area contributed by atoms with Gasteiger partial charge in [0.15, 0.2) is 11.6 Å². The quantitative estimate of drug-likeness (QED) is 0.331. The number of ether oxygens (including phenoxy) is 1.